The van der Waals surface area contributed by atoms with E-state index in [1.165, 1.54) is 5.57 Å². The molecule has 230 valence electrons. The number of benzene rings is 2. The van der Waals surface area contributed by atoms with Crippen LogP contribution in [0.1, 0.15) is 88.6 Å². The first-order valence-corrected chi connectivity index (χ1v) is 15.6. The Kier molecular flexibility index (Phi) is 12.3. The maximum absolute atomic E-state index is 14.5. The number of fused-ring (bicyclic) bond motifs is 3. The second kappa shape index (κ2) is 14.6. The predicted molar refractivity (Wildman–Crippen MR) is 177 cm³/mol. The fourth-order valence-corrected chi connectivity index (χ4v) is 6.42. The third kappa shape index (κ3) is 9.10. The molecule has 2 aliphatic rings. The minimum atomic E-state index is -0.816. The van der Waals surface area contributed by atoms with Gasteiger partial charge in [0, 0.05) is 11.8 Å². The lowest BCUT2D eigenvalue weighted by molar-refractivity contribution is -0.136. The molecule has 1 atom stereocenters. The van der Waals surface area contributed by atoms with E-state index in [1.54, 1.807) is 44.9 Å². The van der Waals surface area contributed by atoms with E-state index >= 15 is 0 Å². The molecule has 1 aliphatic heterocycles. The first-order valence-electron chi connectivity index (χ1n) is 14.4. The van der Waals surface area contributed by atoms with Crippen LogP contribution >= 0.6 is 11.9 Å². The number of carbonyl (C=O) groups is 1. The standard InChI is InChI=1S/C29H37FN2O2S.C4H10O.C2H2/c1-18-22(17-27(33)34)23(19-9-12-29(2,3)13-10-19)16-25-21-8-7-20(30)15-24(21)26(11-14-31(4)5)32(35-6)28(18)25;1-4(2,3)5;1-2/h7-9,15-16,26H,10-14,17H2,1-6H3,(H,33,34);5H,1-3H3;1-2H/t26-;;/m0../s1. The number of aliphatic carboxylic acids is 1. The number of hydrogen-bond acceptors (Lipinski definition) is 5. The SMILES string of the molecule is C#C.CC(C)(C)O.CSN1c2c(cc(C3=CCC(C)(C)CC3)c(CC(=O)O)c2C)-c2ccc(F)cc2[C@@H]1CCN(C)C. The summed E-state index contributed by atoms with van der Waals surface area (Å²) >= 11 is 1.63. The number of allylic oxidation sites excluding steroid dienone is 2. The van der Waals surface area contributed by atoms with Crippen molar-refractivity contribution in [1.82, 2.24) is 4.90 Å². The lowest BCUT2D eigenvalue weighted by atomic mass is 9.75. The van der Waals surface area contributed by atoms with Gasteiger partial charge in [0.2, 0.25) is 0 Å². The van der Waals surface area contributed by atoms with E-state index in [9.17, 15) is 14.3 Å². The summed E-state index contributed by atoms with van der Waals surface area (Å²) in [5.41, 5.74) is 8.16. The molecule has 2 aromatic rings. The van der Waals surface area contributed by atoms with Gasteiger partial charge in [-0.2, -0.15) is 0 Å². The molecule has 1 heterocycles. The van der Waals surface area contributed by atoms with Crippen molar-refractivity contribution in [2.45, 2.75) is 85.3 Å². The summed E-state index contributed by atoms with van der Waals surface area (Å²) in [6, 6.07) is 7.32. The van der Waals surface area contributed by atoms with E-state index in [4.69, 9.17) is 5.11 Å². The quantitative estimate of drug-likeness (QED) is 0.249. The Hall–Kier alpha value is -2.79. The zero-order chi connectivity index (χ0) is 32.0. The highest BCUT2D eigenvalue weighted by molar-refractivity contribution is 8.00. The molecule has 0 aromatic heterocycles. The van der Waals surface area contributed by atoms with Crippen LogP contribution in [0.5, 0.6) is 0 Å². The number of carboxylic acids is 1. The van der Waals surface area contributed by atoms with E-state index in [0.717, 1.165) is 71.3 Å². The fourth-order valence-electron chi connectivity index (χ4n) is 5.53. The van der Waals surface area contributed by atoms with E-state index < -0.39 is 11.6 Å². The number of hydrogen-bond donors (Lipinski definition) is 2. The highest BCUT2D eigenvalue weighted by atomic mass is 32.2. The van der Waals surface area contributed by atoms with E-state index in [-0.39, 0.29) is 23.7 Å². The van der Waals surface area contributed by atoms with Gasteiger partial charge in [-0.05, 0) is 131 Å². The van der Waals surface area contributed by atoms with Gasteiger partial charge in [-0.1, -0.05) is 37.9 Å². The minimum Gasteiger partial charge on any atom is -0.481 e. The maximum Gasteiger partial charge on any atom is 0.307 e. The zero-order valence-electron chi connectivity index (χ0n) is 26.8. The Morgan fingerprint density at radius 2 is 1.79 bits per heavy atom. The minimum absolute atomic E-state index is 0.00234. The molecule has 2 aromatic carbocycles. The lowest BCUT2D eigenvalue weighted by Gasteiger charge is -2.41. The third-order valence-electron chi connectivity index (χ3n) is 7.54. The lowest BCUT2D eigenvalue weighted by Crippen LogP contribution is -2.30. The van der Waals surface area contributed by atoms with Gasteiger partial charge in [0.15, 0.2) is 0 Å². The number of terminal acetylenes is 1. The van der Waals surface area contributed by atoms with E-state index in [0.29, 0.717) is 0 Å². The predicted octanol–water partition coefficient (Wildman–Crippen LogP) is 8.14. The maximum atomic E-state index is 14.5. The smallest absolute Gasteiger partial charge is 0.307 e. The summed E-state index contributed by atoms with van der Waals surface area (Å²) < 4.78 is 16.8. The van der Waals surface area contributed by atoms with Crippen molar-refractivity contribution in [2.75, 3.05) is 31.2 Å². The van der Waals surface area contributed by atoms with Gasteiger partial charge in [0.25, 0.3) is 0 Å². The second-order valence-electron chi connectivity index (χ2n) is 13.1. The van der Waals surface area contributed by atoms with Gasteiger partial charge in [-0.15, -0.1) is 12.8 Å². The summed E-state index contributed by atoms with van der Waals surface area (Å²) in [5.74, 6) is -1.04. The number of nitrogens with zero attached hydrogens (tertiary/aromatic N) is 2. The average Bonchev–Trinajstić information content (AvgIpc) is 2.88. The van der Waals surface area contributed by atoms with Crippen LogP contribution in [0.2, 0.25) is 0 Å². The van der Waals surface area contributed by atoms with Gasteiger partial charge >= 0.3 is 5.97 Å². The normalized spacial score (nSPS) is 17.1. The Morgan fingerprint density at radius 1 is 1.17 bits per heavy atom. The highest BCUT2D eigenvalue weighted by Crippen LogP contribution is 2.52. The highest BCUT2D eigenvalue weighted by Gasteiger charge is 2.35. The molecule has 1 aliphatic carbocycles. The summed E-state index contributed by atoms with van der Waals surface area (Å²) in [6.45, 7) is 12.7. The molecule has 0 unspecified atom stereocenters. The van der Waals surface area contributed by atoms with Gasteiger partial charge in [-0.25, -0.2) is 4.39 Å². The first-order chi connectivity index (χ1) is 19.5. The van der Waals surface area contributed by atoms with Gasteiger partial charge in [0.05, 0.1) is 23.8 Å². The van der Waals surface area contributed by atoms with Crippen LogP contribution in [-0.2, 0) is 11.2 Å². The molecule has 0 radical (unpaired) electrons. The van der Waals surface area contributed by atoms with Crippen LogP contribution in [0.4, 0.5) is 10.1 Å². The molecule has 7 heteroatoms. The molecule has 5 nitrogen and oxygen atoms in total. The summed E-state index contributed by atoms with van der Waals surface area (Å²) in [6.07, 6.45) is 16.2. The zero-order valence-corrected chi connectivity index (χ0v) is 27.7. The molecule has 0 spiro atoms. The largest absolute Gasteiger partial charge is 0.481 e. The third-order valence-corrected chi connectivity index (χ3v) is 8.37. The second-order valence-corrected chi connectivity index (χ2v) is 13.9. The Balaban J connectivity index is 0.000000797. The van der Waals surface area contributed by atoms with Crippen molar-refractivity contribution < 1.29 is 19.4 Å². The van der Waals surface area contributed by atoms with Gasteiger partial charge < -0.3 is 19.4 Å². The molecular weight excluding hydrogens is 547 g/mol. The topological polar surface area (TPSA) is 64.0 Å². The number of anilines is 1. The van der Waals surface area contributed by atoms with E-state index in [2.05, 4.69) is 55.0 Å². The molecule has 4 rings (SSSR count). The van der Waals surface area contributed by atoms with Crippen molar-refractivity contribution in [3.63, 3.8) is 0 Å². The van der Waals surface area contributed by atoms with Crippen LogP contribution in [0.15, 0.2) is 30.3 Å². The number of carboxylic acid groups (broad SMARTS) is 1. The van der Waals surface area contributed by atoms with Crippen LogP contribution in [-0.4, -0.2) is 53.6 Å². The molecule has 42 heavy (non-hydrogen) atoms. The number of aliphatic hydroxyl groups is 1. The first kappa shape index (κ1) is 35.4. The van der Waals surface area contributed by atoms with Crippen molar-refractivity contribution >= 4 is 29.2 Å². The number of halogens is 1. The van der Waals surface area contributed by atoms with Crippen molar-refractivity contribution in [3.8, 4) is 24.0 Å². The van der Waals surface area contributed by atoms with Crippen LogP contribution in [0, 0.1) is 31.0 Å². The Morgan fingerprint density at radius 3 is 2.29 bits per heavy atom. The van der Waals surface area contributed by atoms with Gasteiger partial charge in [0.1, 0.15) is 5.82 Å². The molecule has 0 saturated carbocycles. The van der Waals surface area contributed by atoms with Crippen molar-refractivity contribution in [3.05, 3.63) is 58.4 Å². The summed E-state index contributed by atoms with van der Waals surface area (Å²) in [5, 5.41) is 18.3. The Labute approximate surface area is 257 Å². The monoisotopic (exact) mass is 596 g/mol. The molecule has 0 saturated heterocycles. The van der Waals surface area contributed by atoms with Crippen molar-refractivity contribution in [2.24, 2.45) is 5.41 Å². The van der Waals surface area contributed by atoms with Crippen LogP contribution in [0.25, 0.3) is 16.7 Å². The summed E-state index contributed by atoms with van der Waals surface area (Å²) in [7, 11) is 4.10. The fraction of sp³-hybridized carbons (Fsp3) is 0.514. The molecule has 2 N–H and O–H groups in total. The summed E-state index contributed by atoms with van der Waals surface area (Å²) in [4.78, 5) is 14.1. The molecule has 0 fully saturated rings. The van der Waals surface area contributed by atoms with E-state index in [1.807, 2.05) is 26.4 Å². The molecule has 0 amide bonds. The molecule has 0 bridgehead atoms. The van der Waals surface area contributed by atoms with Crippen LogP contribution < -0.4 is 4.31 Å². The number of rotatable bonds is 7. The van der Waals surface area contributed by atoms with Gasteiger partial charge in [-0.3, -0.25) is 4.79 Å². The average molecular weight is 597 g/mol. The van der Waals surface area contributed by atoms with Crippen LogP contribution in [0.3, 0.4) is 0 Å². The molecular formula is C35H49FN2O3S. The van der Waals surface area contributed by atoms with Crippen molar-refractivity contribution in [1.29, 1.82) is 0 Å². The Bertz CT molecular complexity index is 1300.